The molecule has 0 radical (unpaired) electrons. The van der Waals surface area contributed by atoms with Gasteiger partial charge in [0.05, 0.1) is 11.9 Å². The van der Waals surface area contributed by atoms with Crippen molar-refractivity contribution >= 4 is 15.1 Å². The standard InChI is InChI=1S/C12H14N3P/c1-2-9-3-10(6-13-5-9)14-7-12-4-11(14)8-15(12)16/h1,3,5-6,11-12H,4,7-8,16H2. The predicted octanol–water partition coefficient (Wildman–Crippen LogP) is 1.12. The van der Waals surface area contributed by atoms with Crippen LogP contribution in [0.4, 0.5) is 5.69 Å². The van der Waals surface area contributed by atoms with E-state index in [9.17, 15) is 0 Å². The molecule has 1 aromatic heterocycles. The average molecular weight is 231 g/mol. The maximum absolute atomic E-state index is 5.40. The van der Waals surface area contributed by atoms with Crippen molar-refractivity contribution in [3.05, 3.63) is 24.0 Å². The normalized spacial score (nSPS) is 28.4. The van der Waals surface area contributed by atoms with Crippen molar-refractivity contribution in [2.45, 2.75) is 18.5 Å². The van der Waals surface area contributed by atoms with E-state index < -0.39 is 0 Å². The van der Waals surface area contributed by atoms with Gasteiger partial charge in [0.2, 0.25) is 0 Å². The van der Waals surface area contributed by atoms with Crippen molar-refractivity contribution in [3.63, 3.8) is 0 Å². The molecule has 2 aliphatic heterocycles. The maximum atomic E-state index is 5.40. The fourth-order valence-corrected chi connectivity index (χ4v) is 3.14. The van der Waals surface area contributed by atoms with Gasteiger partial charge >= 0.3 is 0 Å². The highest BCUT2D eigenvalue weighted by Gasteiger charge is 2.41. The van der Waals surface area contributed by atoms with Gasteiger partial charge in [-0.15, -0.1) is 6.42 Å². The van der Waals surface area contributed by atoms with Crippen molar-refractivity contribution in [2.75, 3.05) is 18.0 Å². The number of hydrogen-bond donors (Lipinski definition) is 0. The first-order valence-corrected chi connectivity index (χ1v) is 5.99. The highest BCUT2D eigenvalue weighted by Crippen LogP contribution is 2.35. The van der Waals surface area contributed by atoms with Crippen LogP contribution in [0.5, 0.6) is 0 Å². The maximum Gasteiger partial charge on any atom is 0.0568 e. The van der Waals surface area contributed by atoms with E-state index >= 15 is 0 Å². The summed E-state index contributed by atoms with van der Waals surface area (Å²) in [6.45, 7) is 2.21. The van der Waals surface area contributed by atoms with Gasteiger partial charge in [-0.2, -0.15) is 0 Å². The summed E-state index contributed by atoms with van der Waals surface area (Å²) in [6.07, 6.45) is 10.3. The molecule has 2 fully saturated rings. The summed E-state index contributed by atoms with van der Waals surface area (Å²) in [4.78, 5) is 6.63. The number of anilines is 1. The minimum atomic E-state index is 0.623. The SMILES string of the molecule is C#Cc1cncc(N2CC3CC2CN3P)c1. The Morgan fingerprint density at radius 3 is 2.88 bits per heavy atom. The molecule has 3 unspecified atom stereocenters. The summed E-state index contributed by atoms with van der Waals surface area (Å²) in [5.74, 6) is 2.64. The molecule has 3 nitrogen and oxygen atoms in total. The monoisotopic (exact) mass is 231 g/mol. The molecule has 3 rings (SSSR count). The van der Waals surface area contributed by atoms with Gasteiger partial charge in [-0.05, 0) is 12.5 Å². The summed E-state index contributed by atoms with van der Waals surface area (Å²) >= 11 is 0. The predicted molar refractivity (Wildman–Crippen MR) is 68.1 cm³/mol. The number of aromatic nitrogens is 1. The van der Waals surface area contributed by atoms with Crippen LogP contribution in [-0.2, 0) is 0 Å². The highest BCUT2D eigenvalue weighted by molar-refractivity contribution is 7.13. The molecular weight excluding hydrogens is 217 g/mol. The smallest absolute Gasteiger partial charge is 0.0568 e. The summed E-state index contributed by atoms with van der Waals surface area (Å²) in [5, 5.41) is 0. The van der Waals surface area contributed by atoms with Crippen LogP contribution in [0, 0.1) is 12.3 Å². The van der Waals surface area contributed by atoms with Gasteiger partial charge in [0.15, 0.2) is 0 Å². The fraction of sp³-hybridized carbons (Fsp3) is 0.417. The van der Waals surface area contributed by atoms with Crippen LogP contribution >= 0.6 is 9.39 Å². The number of nitrogens with zero attached hydrogens (tertiary/aromatic N) is 3. The van der Waals surface area contributed by atoms with E-state index in [1.807, 2.05) is 6.20 Å². The molecule has 16 heavy (non-hydrogen) atoms. The minimum Gasteiger partial charge on any atom is -0.364 e. The number of piperazine rings is 1. The third kappa shape index (κ3) is 1.50. The average Bonchev–Trinajstić information content (AvgIpc) is 2.88. The second kappa shape index (κ2) is 3.73. The van der Waals surface area contributed by atoms with E-state index in [0.29, 0.717) is 12.1 Å². The Bertz CT molecular complexity index is 452. The highest BCUT2D eigenvalue weighted by atomic mass is 31.0. The molecule has 2 bridgehead atoms. The van der Waals surface area contributed by atoms with Gasteiger partial charge in [-0.3, -0.25) is 9.65 Å². The first kappa shape index (κ1) is 10.1. The molecule has 0 aromatic carbocycles. The van der Waals surface area contributed by atoms with Gasteiger partial charge in [0, 0.05) is 36.9 Å². The second-order valence-corrected chi connectivity index (χ2v) is 5.13. The zero-order chi connectivity index (χ0) is 11.1. The number of terminal acetylenes is 1. The first-order chi connectivity index (χ1) is 7.78. The van der Waals surface area contributed by atoms with Crippen molar-refractivity contribution in [2.24, 2.45) is 0 Å². The van der Waals surface area contributed by atoms with E-state index in [0.717, 1.165) is 18.7 Å². The first-order valence-electron chi connectivity index (χ1n) is 5.47. The lowest BCUT2D eigenvalue weighted by Crippen LogP contribution is -2.42. The van der Waals surface area contributed by atoms with Crippen LogP contribution in [0.1, 0.15) is 12.0 Å². The van der Waals surface area contributed by atoms with Gasteiger partial charge in [0.1, 0.15) is 0 Å². The van der Waals surface area contributed by atoms with Gasteiger partial charge < -0.3 is 4.90 Å². The third-order valence-corrected chi connectivity index (χ3v) is 4.14. The summed E-state index contributed by atoms with van der Waals surface area (Å²) in [5.41, 5.74) is 2.03. The topological polar surface area (TPSA) is 19.4 Å². The number of fused-ring (bicyclic) bond motifs is 2. The van der Waals surface area contributed by atoms with Gasteiger partial charge in [-0.25, -0.2) is 0 Å². The molecule has 1 aromatic rings. The Kier molecular flexibility index (Phi) is 2.35. The Labute approximate surface area is 98.1 Å². The lowest BCUT2D eigenvalue weighted by Gasteiger charge is -2.33. The molecular formula is C12H14N3P. The molecule has 4 heteroatoms. The molecule has 82 valence electrons. The fourth-order valence-electron chi connectivity index (χ4n) is 2.68. The third-order valence-electron chi connectivity index (χ3n) is 3.51. The summed E-state index contributed by atoms with van der Waals surface area (Å²) in [6, 6.07) is 3.35. The van der Waals surface area contributed by atoms with Crippen LogP contribution in [0.3, 0.4) is 0 Å². The van der Waals surface area contributed by atoms with Crippen molar-refractivity contribution in [1.82, 2.24) is 9.65 Å². The number of pyridine rings is 1. The minimum absolute atomic E-state index is 0.623. The Balaban J connectivity index is 1.87. The Morgan fingerprint density at radius 2 is 2.25 bits per heavy atom. The van der Waals surface area contributed by atoms with E-state index in [2.05, 4.69) is 35.9 Å². The zero-order valence-electron chi connectivity index (χ0n) is 9.00. The molecule has 0 aliphatic carbocycles. The zero-order valence-corrected chi connectivity index (χ0v) is 10.2. The number of hydrogen-bond acceptors (Lipinski definition) is 3. The van der Waals surface area contributed by atoms with Crippen molar-refractivity contribution in [3.8, 4) is 12.3 Å². The molecule has 3 atom stereocenters. The molecule has 0 amide bonds. The van der Waals surface area contributed by atoms with Crippen LogP contribution in [0.15, 0.2) is 18.5 Å². The molecule has 0 N–H and O–H groups in total. The van der Waals surface area contributed by atoms with Crippen LogP contribution in [0.25, 0.3) is 0 Å². The number of rotatable bonds is 1. The second-order valence-electron chi connectivity index (χ2n) is 4.47. The largest absolute Gasteiger partial charge is 0.364 e. The Hall–Kier alpha value is -1.10. The quantitative estimate of drug-likeness (QED) is 0.533. The molecule has 0 saturated carbocycles. The van der Waals surface area contributed by atoms with E-state index in [1.54, 1.807) is 6.20 Å². The van der Waals surface area contributed by atoms with Crippen molar-refractivity contribution in [1.29, 1.82) is 0 Å². The van der Waals surface area contributed by atoms with E-state index in [1.165, 1.54) is 12.1 Å². The van der Waals surface area contributed by atoms with E-state index in [-0.39, 0.29) is 0 Å². The Morgan fingerprint density at radius 1 is 1.38 bits per heavy atom. The van der Waals surface area contributed by atoms with E-state index in [4.69, 9.17) is 6.42 Å². The van der Waals surface area contributed by atoms with Crippen LogP contribution in [-0.4, -0.2) is 34.8 Å². The van der Waals surface area contributed by atoms with Crippen LogP contribution < -0.4 is 4.90 Å². The summed E-state index contributed by atoms with van der Waals surface area (Å²) in [7, 11) is 2.82. The molecule has 2 saturated heterocycles. The molecule has 3 heterocycles. The van der Waals surface area contributed by atoms with Crippen LogP contribution in [0.2, 0.25) is 0 Å². The van der Waals surface area contributed by atoms with Gasteiger partial charge in [0.25, 0.3) is 0 Å². The molecule has 0 spiro atoms. The van der Waals surface area contributed by atoms with Gasteiger partial charge in [-0.1, -0.05) is 15.3 Å². The lowest BCUT2D eigenvalue weighted by molar-refractivity contribution is 0.410. The summed E-state index contributed by atoms with van der Waals surface area (Å²) < 4.78 is 2.36. The lowest BCUT2D eigenvalue weighted by atomic mass is 10.2. The molecule has 2 aliphatic rings. The van der Waals surface area contributed by atoms with Crippen molar-refractivity contribution < 1.29 is 0 Å².